The second kappa shape index (κ2) is 9.98. The summed E-state index contributed by atoms with van der Waals surface area (Å²) in [5.41, 5.74) is 4.62. The predicted molar refractivity (Wildman–Crippen MR) is 130 cm³/mol. The van der Waals surface area contributed by atoms with Gasteiger partial charge in [0.05, 0.1) is 5.56 Å². The normalized spacial score (nSPS) is 13.2. The second-order valence-corrected chi connectivity index (χ2v) is 9.40. The van der Waals surface area contributed by atoms with E-state index in [4.69, 9.17) is 9.47 Å². The van der Waals surface area contributed by atoms with Crippen molar-refractivity contribution in [3.05, 3.63) is 89.2 Å². The lowest BCUT2D eigenvalue weighted by molar-refractivity contribution is -0.157. The van der Waals surface area contributed by atoms with Crippen LogP contribution in [0.25, 0.3) is 11.1 Å². The van der Waals surface area contributed by atoms with Crippen LogP contribution >= 0.6 is 0 Å². The molecule has 1 atom stereocenters. The number of ether oxygens (including phenoxy) is 2. The highest BCUT2D eigenvalue weighted by molar-refractivity contribution is 5.82. The van der Waals surface area contributed by atoms with Crippen molar-refractivity contribution in [1.29, 1.82) is 5.26 Å². The second-order valence-electron chi connectivity index (χ2n) is 9.40. The van der Waals surface area contributed by atoms with Gasteiger partial charge < -0.3 is 14.8 Å². The minimum atomic E-state index is -1.03. The van der Waals surface area contributed by atoms with Crippen molar-refractivity contribution in [2.45, 2.75) is 44.8 Å². The summed E-state index contributed by atoms with van der Waals surface area (Å²) in [4.78, 5) is 29.7. The molecule has 7 heteroatoms. The molecule has 1 aliphatic carbocycles. The van der Waals surface area contributed by atoms with E-state index in [1.54, 1.807) is 26.8 Å². The standard InChI is InChI=1S/C28H27N3O4/c1-28(2,3)35-26(32)25(14-18-12-13-30-16-19(18)15-29)31-27(33)34-17-24-22-10-6-4-8-20(22)21-9-5-7-11-23(21)24/h4-13,16,24-25H,14,17H2,1-3H3,(H,31,33)/t25-/m0/s1. The first kappa shape index (κ1) is 24.0. The van der Waals surface area contributed by atoms with E-state index in [1.165, 1.54) is 12.4 Å². The Balaban J connectivity index is 1.49. The van der Waals surface area contributed by atoms with Gasteiger partial charge in [-0.05, 0) is 54.7 Å². The molecule has 3 aromatic rings. The number of rotatable bonds is 6. The van der Waals surface area contributed by atoms with Crippen LogP contribution in [0, 0.1) is 11.3 Å². The topological polar surface area (TPSA) is 101 Å². The lowest BCUT2D eigenvalue weighted by atomic mass is 9.98. The molecular formula is C28H27N3O4. The number of nitriles is 1. The van der Waals surface area contributed by atoms with Crippen molar-refractivity contribution in [3.63, 3.8) is 0 Å². The van der Waals surface area contributed by atoms with E-state index in [2.05, 4.69) is 28.5 Å². The van der Waals surface area contributed by atoms with Gasteiger partial charge in [-0.2, -0.15) is 5.26 Å². The van der Waals surface area contributed by atoms with Gasteiger partial charge >= 0.3 is 12.1 Å². The molecule has 35 heavy (non-hydrogen) atoms. The van der Waals surface area contributed by atoms with E-state index in [0.29, 0.717) is 11.1 Å². The molecule has 2 aromatic carbocycles. The molecule has 4 rings (SSSR count). The van der Waals surface area contributed by atoms with Crippen LogP contribution in [-0.2, 0) is 20.7 Å². The van der Waals surface area contributed by atoms with Crippen molar-refractivity contribution in [1.82, 2.24) is 10.3 Å². The minimum Gasteiger partial charge on any atom is -0.458 e. The number of hydrogen-bond acceptors (Lipinski definition) is 6. The lowest BCUT2D eigenvalue weighted by Crippen LogP contribution is -2.46. The number of benzene rings is 2. The molecule has 1 N–H and O–H groups in total. The average molecular weight is 470 g/mol. The molecule has 0 spiro atoms. The van der Waals surface area contributed by atoms with E-state index in [9.17, 15) is 14.9 Å². The van der Waals surface area contributed by atoms with Crippen LogP contribution in [-0.4, -0.2) is 35.3 Å². The summed E-state index contributed by atoms with van der Waals surface area (Å²) in [6, 6.07) is 18.8. The number of carbonyl (C=O) groups excluding carboxylic acids is 2. The number of nitrogens with zero attached hydrogens (tertiary/aromatic N) is 2. The first-order chi connectivity index (χ1) is 16.8. The van der Waals surface area contributed by atoms with Crippen molar-refractivity contribution in [2.24, 2.45) is 0 Å². The van der Waals surface area contributed by atoms with E-state index < -0.39 is 23.7 Å². The van der Waals surface area contributed by atoms with Crippen LogP contribution in [0.2, 0.25) is 0 Å². The molecule has 0 unspecified atom stereocenters. The molecular weight excluding hydrogens is 442 g/mol. The summed E-state index contributed by atoms with van der Waals surface area (Å²) in [5, 5.41) is 12.0. The van der Waals surface area contributed by atoms with Gasteiger partial charge in [-0.1, -0.05) is 48.5 Å². The molecule has 0 saturated carbocycles. The molecule has 0 fully saturated rings. The van der Waals surface area contributed by atoms with Crippen molar-refractivity contribution < 1.29 is 19.1 Å². The van der Waals surface area contributed by atoms with Crippen LogP contribution in [0.5, 0.6) is 0 Å². The number of hydrogen-bond donors (Lipinski definition) is 1. The quantitative estimate of drug-likeness (QED) is 0.523. The zero-order valence-electron chi connectivity index (χ0n) is 19.9. The molecule has 7 nitrogen and oxygen atoms in total. The SMILES string of the molecule is CC(C)(C)OC(=O)[C@H](Cc1ccncc1C#N)NC(=O)OCC1c2ccccc2-c2ccccc21. The van der Waals surface area contributed by atoms with Crippen molar-refractivity contribution in [2.75, 3.05) is 6.61 Å². The summed E-state index contributed by atoms with van der Waals surface area (Å²) in [5.74, 6) is -0.703. The third kappa shape index (κ3) is 5.49. The summed E-state index contributed by atoms with van der Waals surface area (Å²) in [6.07, 6.45) is 2.31. The summed E-state index contributed by atoms with van der Waals surface area (Å²) >= 11 is 0. The van der Waals surface area contributed by atoms with E-state index >= 15 is 0 Å². The van der Waals surface area contributed by atoms with Gasteiger partial charge in [-0.25, -0.2) is 9.59 Å². The minimum absolute atomic E-state index is 0.0739. The molecule has 178 valence electrons. The van der Waals surface area contributed by atoms with Crippen LogP contribution in [0.4, 0.5) is 4.79 Å². The van der Waals surface area contributed by atoms with E-state index in [0.717, 1.165) is 22.3 Å². The van der Waals surface area contributed by atoms with Gasteiger partial charge in [0.2, 0.25) is 0 Å². The van der Waals surface area contributed by atoms with Gasteiger partial charge in [-0.3, -0.25) is 4.98 Å². The van der Waals surface area contributed by atoms with Gasteiger partial charge in [-0.15, -0.1) is 0 Å². The Hall–Kier alpha value is -4.18. The number of nitrogens with one attached hydrogen (secondary N) is 1. The first-order valence-corrected chi connectivity index (χ1v) is 11.4. The number of aromatic nitrogens is 1. The van der Waals surface area contributed by atoms with Gasteiger partial charge in [0, 0.05) is 24.7 Å². The van der Waals surface area contributed by atoms with Crippen LogP contribution < -0.4 is 5.32 Å². The molecule has 0 bridgehead atoms. The zero-order chi connectivity index (χ0) is 25.0. The maximum atomic E-state index is 12.9. The maximum Gasteiger partial charge on any atom is 0.407 e. The third-order valence-corrected chi connectivity index (χ3v) is 5.78. The predicted octanol–water partition coefficient (Wildman–Crippen LogP) is 4.74. The fourth-order valence-corrected chi connectivity index (χ4v) is 4.27. The fraction of sp³-hybridized carbons (Fsp3) is 0.286. The monoisotopic (exact) mass is 469 g/mol. The Morgan fingerprint density at radius 1 is 1.06 bits per heavy atom. The smallest absolute Gasteiger partial charge is 0.407 e. The number of fused-ring (bicyclic) bond motifs is 3. The molecule has 1 aliphatic rings. The summed E-state index contributed by atoms with van der Waals surface area (Å²) < 4.78 is 11.1. The lowest BCUT2D eigenvalue weighted by Gasteiger charge is -2.25. The van der Waals surface area contributed by atoms with Crippen LogP contribution in [0.1, 0.15) is 48.9 Å². The van der Waals surface area contributed by atoms with Crippen LogP contribution in [0.3, 0.4) is 0 Å². The largest absolute Gasteiger partial charge is 0.458 e. The zero-order valence-corrected chi connectivity index (χ0v) is 19.9. The Kier molecular flexibility index (Phi) is 6.83. The number of carbonyl (C=O) groups is 2. The van der Waals surface area contributed by atoms with Gasteiger partial charge in [0.25, 0.3) is 0 Å². The fourth-order valence-electron chi connectivity index (χ4n) is 4.27. The summed E-state index contributed by atoms with van der Waals surface area (Å²) in [6.45, 7) is 5.38. The number of amides is 1. The van der Waals surface area contributed by atoms with Crippen LogP contribution in [0.15, 0.2) is 67.0 Å². The summed E-state index contributed by atoms with van der Waals surface area (Å²) in [7, 11) is 0. The Labute approximate surface area is 204 Å². The Morgan fingerprint density at radius 3 is 2.29 bits per heavy atom. The number of pyridine rings is 1. The molecule has 1 aromatic heterocycles. The highest BCUT2D eigenvalue weighted by Gasteiger charge is 2.31. The van der Waals surface area contributed by atoms with E-state index in [-0.39, 0.29) is 18.9 Å². The highest BCUT2D eigenvalue weighted by atomic mass is 16.6. The average Bonchev–Trinajstić information content (AvgIpc) is 3.15. The molecule has 0 saturated heterocycles. The molecule has 0 radical (unpaired) electrons. The van der Waals surface area contributed by atoms with E-state index in [1.807, 2.05) is 36.4 Å². The van der Waals surface area contributed by atoms with Crippen molar-refractivity contribution in [3.8, 4) is 17.2 Å². The van der Waals surface area contributed by atoms with Gasteiger partial charge in [0.15, 0.2) is 0 Å². The Bertz CT molecular complexity index is 1240. The number of alkyl carbamates (subject to hydrolysis) is 1. The molecule has 1 heterocycles. The third-order valence-electron chi connectivity index (χ3n) is 5.78. The Morgan fingerprint density at radius 2 is 1.69 bits per heavy atom. The number of esters is 1. The van der Waals surface area contributed by atoms with Gasteiger partial charge in [0.1, 0.15) is 24.3 Å². The molecule has 0 aliphatic heterocycles. The maximum absolute atomic E-state index is 12.9. The first-order valence-electron chi connectivity index (χ1n) is 11.4. The highest BCUT2D eigenvalue weighted by Crippen LogP contribution is 2.44. The molecule has 1 amide bonds. The van der Waals surface area contributed by atoms with Crippen molar-refractivity contribution >= 4 is 12.1 Å².